The van der Waals surface area contributed by atoms with Crippen LogP contribution in [-0.2, 0) is 6.54 Å². The highest BCUT2D eigenvalue weighted by Crippen LogP contribution is 2.33. The van der Waals surface area contributed by atoms with E-state index in [2.05, 4.69) is 15.0 Å². The molecule has 2 heterocycles. The lowest BCUT2D eigenvalue weighted by Crippen LogP contribution is -2.17. The summed E-state index contributed by atoms with van der Waals surface area (Å²) in [4.78, 5) is 22.9. The van der Waals surface area contributed by atoms with Gasteiger partial charge in [0.15, 0.2) is 11.2 Å². The van der Waals surface area contributed by atoms with Crippen LogP contribution in [0.3, 0.4) is 0 Å². The first-order valence-corrected chi connectivity index (χ1v) is 7.02. The third kappa shape index (κ3) is 2.86. The summed E-state index contributed by atoms with van der Waals surface area (Å²) in [6.07, 6.45) is 1.65. The smallest absolute Gasteiger partial charge is 0.411 e. The van der Waals surface area contributed by atoms with E-state index in [0.717, 1.165) is 0 Å². The van der Waals surface area contributed by atoms with Crippen molar-refractivity contribution in [3.8, 4) is 11.6 Å². The predicted octanol–water partition coefficient (Wildman–Crippen LogP) is 2.34. The quantitative estimate of drug-likeness (QED) is 0.746. The minimum Gasteiger partial charge on any atom is -0.508 e. The van der Waals surface area contributed by atoms with Crippen molar-refractivity contribution in [2.24, 2.45) is 5.73 Å². The van der Waals surface area contributed by atoms with Crippen LogP contribution in [0.4, 0.5) is 4.79 Å². The molecule has 2 aromatic heterocycles. The molecule has 0 bridgehead atoms. The number of nitrogens with zero attached hydrogens (tertiary/aromatic N) is 4. The topological polar surface area (TPSA) is 116 Å². The maximum absolute atomic E-state index is 10.9. The number of carbonyl (C=O) groups excluding carboxylic acids is 1. The lowest BCUT2D eigenvalue weighted by Gasteiger charge is -2.09. The summed E-state index contributed by atoms with van der Waals surface area (Å²) >= 11 is 12.1. The van der Waals surface area contributed by atoms with Crippen molar-refractivity contribution >= 4 is 40.5 Å². The van der Waals surface area contributed by atoms with Gasteiger partial charge in [-0.3, -0.25) is 0 Å². The van der Waals surface area contributed by atoms with E-state index in [9.17, 15) is 9.90 Å². The van der Waals surface area contributed by atoms with Gasteiger partial charge < -0.3 is 20.1 Å². The first kappa shape index (κ1) is 15.3. The molecule has 1 amide bonds. The summed E-state index contributed by atoms with van der Waals surface area (Å²) in [5.74, 6) is -0.0634. The van der Waals surface area contributed by atoms with Gasteiger partial charge in [-0.05, 0) is 12.1 Å². The number of aromatic nitrogens is 4. The Bertz CT molecular complexity index is 912. The molecule has 0 aliphatic carbocycles. The van der Waals surface area contributed by atoms with Gasteiger partial charge in [0.2, 0.25) is 0 Å². The number of carbonyl (C=O) groups is 1. The number of rotatable bonds is 3. The molecule has 0 radical (unpaired) electrons. The fourth-order valence-corrected chi connectivity index (χ4v) is 2.44. The van der Waals surface area contributed by atoms with Gasteiger partial charge in [0.1, 0.15) is 12.1 Å². The number of hydrogen-bond acceptors (Lipinski definition) is 6. The molecular formula is C13H9Cl2N5O3. The van der Waals surface area contributed by atoms with Gasteiger partial charge in [0.05, 0.1) is 22.9 Å². The van der Waals surface area contributed by atoms with E-state index in [-0.39, 0.29) is 28.7 Å². The Labute approximate surface area is 139 Å². The van der Waals surface area contributed by atoms with Crippen molar-refractivity contribution in [1.29, 1.82) is 0 Å². The molecule has 10 heteroatoms. The van der Waals surface area contributed by atoms with Crippen molar-refractivity contribution in [1.82, 2.24) is 19.5 Å². The molecule has 3 N–H and O–H groups in total. The van der Waals surface area contributed by atoms with E-state index in [1.807, 2.05) is 0 Å². The Kier molecular flexibility index (Phi) is 3.93. The second-order valence-electron chi connectivity index (χ2n) is 4.50. The first-order valence-electron chi connectivity index (χ1n) is 6.26. The van der Waals surface area contributed by atoms with Crippen LogP contribution in [0.25, 0.3) is 11.2 Å². The van der Waals surface area contributed by atoms with Gasteiger partial charge in [-0.15, -0.1) is 0 Å². The molecule has 0 unspecified atom stereocenters. The second kappa shape index (κ2) is 5.90. The molecule has 118 valence electrons. The second-order valence-corrected chi connectivity index (χ2v) is 5.29. The van der Waals surface area contributed by atoms with E-state index >= 15 is 0 Å². The van der Waals surface area contributed by atoms with Crippen LogP contribution in [0.2, 0.25) is 10.0 Å². The largest absolute Gasteiger partial charge is 0.508 e. The summed E-state index contributed by atoms with van der Waals surface area (Å²) < 4.78 is 6.37. The van der Waals surface area contributed by atoms with Crippen LogP contribution in [-0.4, -0.2) is 30.7 Å². The van der Waals surface area contributed by atoms with Gasteiger partial charge >= 0.3 is 6.09 Å². The Morgan fingerprint density at radius 1 is 1.30 bits per heavy atom. The van der Waals surface area contributed by atoms with Crippen molar-refractivity contribution in [2.45, 2.75) is 6.54 Å². The molecule has 1 aromatic carbocycles. The van der Waals surface area contributed by atoms with Crippen LogP contribution in [0.5, 0.6) is 11.6 Å². The molecule has 8 nitrogen and oxygen atoms in total. The number of phenolic OH excluding ortho intramolecular Hbond substituents is 1. The van der Waals surface area contributed by atoms with Gasteiger partial charge in [-0.1, -0.05) is 23.2 Å². The normalized spacial score (nSPS) is 10.9. The maximum Gasteiger partial charge on any atom is 0.411 e. The molecule has 0 atom stereocenters. The third-order valence-corrected chi connectivity index (χ3v) is 3.91. The van der Waals surface area contributed by atoms with Gasteiger partial charge in [0.25, 0.3) is 5.88 Å². The highest BCUT2D eigenvalue weighted by atomic mass is 35.5. The average Bonchev–Trinajstić information content (AvgIpc) is 2.91. The zero-order valence-corrected chi connectivity index (χ0v) is 12.9. The van der Waals surface area contributed by atoms with Crippen LogP contribution >= 0.6 is 23.2 Å². The maximum atomic E-state index is 10.9. The summed E-state index contributed by atoms with van der Waals surface area (Å²) in [5.41, 5.74) is 6.03. The fraction of sp³-hybridized carbons (Fsp3) is 0.0769. The Hall–Kier alpha value is -2.58. The summed E-state index contributed by atoms with van der Waals surface area (Å²) in [5, 5.41) is 10.5. The number of nitrogens with two attached hydrogens (primary N) is 1. The van der Waals surface area contributed by atoms with E-state index in [0.29, 0.717) is 16.2 Å². The van der Waals surface area contributed by atoms with Crippen molar-refractivity contribution < 1.29 is 14.6 Å². The average molecular weight is 354 g/mol. The van der Waals surface area contributed by atoms with Crippen LogP contribution < -0.4 is 10.5 Å². The third-order valence-electron chi connectivity index (χ3n) is 3.06. The zero-order chi connectivity index (χ0) is 16.6. The highest BCUT2D eigenvalue weighted by molar-refractivity contribution is 6.42. The first-order chi connectivity index (χ1) is 11.0. The summed E-state index contributed by atoms with van der Waals surface area (Å²) in [7, 11) is 0. The van der Waals surface area contributed by atoms with Crippen LogP contribution in [0.15, 0.2) is 24.8 Å². The zero-order valence-electron chi connectivity index (χ0n) is 11.4. The molecule has 0 aliphatic rings. The van der Waals surface area contributed by atoms with Crippen molar-refractivity contribution in [3.05, 3.63) is 40.4 Å². The number of amides is 1. The molecule has 0 aliphatic heterocycles. The Morgan fingerprint density at radius 3 is 2.83 bits per heavy atom. The summed E-state index contributed by atoms with van der Waals surface area (Å²) in [6.45, 7) is 0.161. The van der Waals surface area contributed by atoms with Crippen molar-refractivity contribution in [2.75, 3.05) is 0 Å². The minimum absolute atomic E-state index is 0.0103. The Morgan fingerprint density at radius 2 is 2.09 bits per heavy atom. The number of fused-ring (bicyclic) bond motifs is 1. The van der Waals surface area contributed by atoms with Gasteiger partial charge in [0, 0.05) is 5.56 Å². The number of imidazole rings is 1. The minimum atomic E-state index is -1.00. The van der Waals surface area contributed by atoms with Crippen molar-refractivity contribution in [3.63, 3.8) is 0 Å². The molecule has 3 aromatic rings. The van der Waals surface area contributed by atoms with E-state index < -0.39 is 6.09 Å². The lowest BCUT2D eigenvalue weighted by molar-refractivity contribution is 0.209. The van der Waals surface area contributed by atoms with Gasteiger partial charge in [-0.2, -0.15) is 4.98 Å². The number of phenols is 1. The molecule has 23 heavy (non-hydrogen) atoms. The molecule has 0 saturated heterocycles. The number of hydrogen-bond donors (Lipinski definition) is 2. The predicted molar refractivity (Wildman–Crippen MR) is 82.8 cm³/mol. The molecular weight excluding hydrogens is 345 g/mol. The Balaban J connectivity index is 2.06. The number of benzene rings is 1. The van der Waals surface area contributed by atoms with Crippen LogP contribution in [0.1, 0.15) is 5.56 Å². The van der Waals surface area contributed by atoms with E-state index in [4.69, 9.17) is 33.7 Å². The molecule has 0 spiro atoms. The standard InChI is InChI=1S/C13H9Cl2N5O3/c14-7-1-2-8(21)6(9(7)15)3-20-5-19-10-11(20)17-4-18-12(10)23-13(16)22/h1-2,4-5,21H,3H2,(H2,16,22). The van der Waals surface area contributed by atoms with E-state index in [1.54, 1.807) is 4.57 Å². The number of ether oxygens (including phenoxy) is 1. The molecule has 0 saturated carbocycles. The lowest BCUT2D eigenvalue weighted by atomic mass is 10.2. The highest BCUT2D eigenvalue weighted by Gasteiger charge is 2.16. The van der Waals surface area contributed by atoms with Crippen LogP contribution in [0, 0.1) is 0 Å². The van der Waals surface area contributed by atoms with E-state index in [1.165, 1.54) is 24.8 Å². The molecule has 0 fully saturated rings. The fourth-order valence-electron chi connectivity index (χ4n) is 2.05. The van der Waals surface area contributed by atoms with Gasteiger partial charge in [-0.25, -0.2) is 14.8 Å². The number of halogens is 2. The number of primary amides is 1. The molecule has 3 rings (SSSR count). The monoisotopic (exact) mass is 353 g/mol. The SMILES string of the molecule is NC(=O)Oc1ncnc2c1ncn2Cc1c(O)ccc(Cl)c1Cl. The number of aromatic hydroxyl groups is 1. The summed E-state index contributed by atoms with van der Waals surface area (Å²) in [6, 6.07) is 2.94.